The van der Waals surface area contributed by atoms with Crippen molar-refractivity contribution in [3.8, 4) is 0 Å². The summed E-state index contributed by atoms with van der Waals surface area (Å²) < 4.78 is 0. The van der Waals surface area contributed by atoms with Gasteiger partial charge in [-0.25, -0.2) is 0 Å². The van der Waals surface area contributed by atoms with Crippen LogP contribution in [0.3, 0.4) is 0 Å². The lowest BCUT2D eigenvalue weighted by Gasteiger charge is -2.00. The predicted octanol–water partition coefficient (Wildman–Crippen LogP) is 6.79. The fourth-order valence-electron chi connectivity index (χ4n) is 2.51. The highest BCUT2D eigenvalue weighted by molar-refractivity contribution is 8.08. The predicted molar refractivity (Wildman–Crippen MR) is 100 cm³/mol. The van der Waals surface area contributed by atoms with Gasteiger partial charge in [0.05, 0.1) is 41.0 Å². The maximum atomic E-state index is 12.8. The summed E-state index contributed by atoms with van der Waals surface area (Å²) in [6.07, 6.45) is 0. The number of halogens is 4. The lowest BCUT2D eigenvalue weighted by molar-refractivity contribution is 0.101. The lowest BCUT2D eigenvalue weighted by Crippen LogP contribution is -2.03. The smallest absolute Gasteiger partial charge is 0.203 e. The van der Waals surface area contributed by atoms with Crippen LogP contribution in [0, 0.1) is 0 Å². The number of hydrogen-bond donors (Lipinski definition) is 0. The molecule has 0 fully saturated rings. The van der Waals surface area contributed by atoms with E-state index in [9.17, 15) is 9.59 Å². The number of ketones is 2. The number of Topliss-reactive ketones (excluding diaryl/α,β-unsaturated/α-hetero) is 2. The van der Waals surface area contributed by atoms with Crippen molar-refractivity contribution in [3.05, 3.63) is 65.3 Å². The van der Waals surface area contributed by atoms with Crippen molar-refractivity contribution >= 4 is 81.5 Å². The van der Waals surface area contributed by atoms with Crippen LogP contribution in [-0.2, 0) is 0 Å². The Kier molecular flexibility index (Phi) is 4.19. The summed E-state index contributed by atoms with van der Waals surface area (Å²) >= 11 is 26.9. The topological polar surface area (TPSA) is 34.1 Å². The lowest BCUT2D eigenvalue weighted by atomic mass is 10.1. The molecule has 24 heavy (non-hydrogen) atoms. The molecule has 0 saturated carbocycles. The van der Waals surface area contributed by atoms with E-state index >= 15 is 0 Å². The third-order valence-electron chi connectivity index (χ3n) is 3.60. The number of thioether (sulfide) groups is 2. The minimum atomic E-state index is -0.307. The van der Waals surface area contributed by atoms with Crippen molar-refractivity contribution < 1.29 is 9.59 Å². The summed E-state index contributed by atoms with van der Waals surface area (Å²) in [6, 6.07) is 6.40. The van der Waals surface area contributed by atoms with Gasteiger partial charge in [0.2, 0.25) is 11.6 Å². The van der Waals surface area contributed by atoms with E-state index in [2.05, 4.69) is 0 Å². The number of hydrogen-bond acceptors (Lipinski definition) is 4. The van der Waals surface area contributed by atoms with E-state index in [4.69, 9.17) is 46.4 Å². The van der Waals surface area contributed by atoms with Crippen molar-refractivity contribution in [1.82, 2.24) is 0 Å². The van der Waals surface area contributed by atoms with E-state index < -0.39 is 0 Å². The van der Waals surface area contributed by atoms with Gasteiger partial charge in [-0.1, -0.05) is 69.9 Å². The molecule has 0 atom stereocenters. The first kappa shape index (κ1) is 16.8. The van der Waals surface area contributed by atoms with Crippen LogP contribution in [-0.4, -0.2) is 11.6 Å². The highest BCUT2D eigenvalue weighted by atomic mass is 35.5. The molecular formula is C16H4Cl4O2S2. The standard InChI is InChI=1S/C16H4Cl4O2S2/c17-5-1-3-7(19)13-9(5)11(21)15(23-13)16-12(22)10-6(18)2-4-8(20)14(10)24-16/h1-4H/b16-15+. The highest BCUT2D eigenvalue weighted by Gasteiger charge is 2.39. The van der Waals surface area contributed by atoms with Gasteiger partial charge in [0.1, 0.15) is 0 Å². The molecule has 0 amide bonds. The van der Waals surface area contributed by atoms with Gasteiger partial charge in [-0.05, 0) is 24.3 Å². The summed E-state index contributed by atoms with van der Waals surface area (Å²) in [4.78, 5) is 27.3. The highest BCUT2D eigenvalue weighted by Crippen LogP contribution is 2.54. The van der Waals surface area contributed by atoms with E-state index in [0.29, 0.717) is 50.8 Å². The SMILES string of the molecule is O=C1/C(=C2\Sc3c(Cl)ccc(Cl)c3C2=O)Sc2c(Cl)ccc(Cl)c21. The van der Waals surface area contributed by atoms with Crippen LogP contribution in [0.2, 0.25) is 20.1 Å². The number of benzene rings is 2. The average Bonchev–Trinajstić information content (AvgIpc) is 3.07. The second-order valence-corrected chi connectivity index (χ2v) is 8.66. The zero-order chi connectivity index (χ0) is 17.2. The van der Waals surface area contributed by atoms with Gasteiger partial charge in [0, 0.05) is 9.79 Å². The molecule has 2 nitrogen and oxygen atoms in total. The molecule has 2 aliphatic heterocycles. The molecule has 8 heteroatoms. The first-order chi connectivity index (χ1) is 11.4. The molecular weight excluding hydrogens is 430 g/mol. The van der Waals surface area contributed by atoms with Gasteiger partial charge >= 0.3 is 0 Å². The van der Waals surface area contributed by atoms with Gasteiger partial charge in [0.15, 0.2) is 0 Å². The minimum absolute atomic E-state index is 0.304. The fraction of sp³-hybridized carbons (Fsp3) is 0. The Bertz CT molecular complexity index is 919. The van der Waals surface area contributed by atoms with Crippen LogP contribution in [0.1, 0.15) is 20.7 Å². The Balaban J connectivity index is 1.90. The van der Waals surface area contributed by atoms with Crippen molar-refractivity contribution in [3.63, 3.8) is 0 Å². The van der Waals surface area contributed by atoms with Crippen LogP contribution < -0.4 is 0 Å². The summed E-state index contributed by atoms with van der Waals surface area (Å²) in [5.74, 6) is -0.614. The Hall–Kier alpha value is -0.620. The summed E-state index contributed by atoms with van der Waals surface area (Å²) in [7, 11) is 0. The molecule has 120 valence electrons. The van der Waals surface area contributed by atoms with Crippen LogP contribution in [0.15, 0.2) is 43.9 Å². The molecule has 2 aromatic rings. The minimum Gasteiger partial charge on any atom is -0.288 e. The third kappa shape index (κ3) is 2.36. The van der Waals surface area contributed by atoms with Crippen LogP contribution in [0.25, 0.3) is 0 Å². The largest absolute Gasteiger partial charge is 0.288 e. The summed E-state index contributed by atoms with van der Waals surface area (Å²) in [5, 5.41) is 1.47. The molecule has 0 saturated heterocycles. The maximum absolute atomic E-state index is 12.8. The Labute approximate surface area is 165 Å². The molecule has 4 rings (SSSR count). The normalized spacial score (nSPS) is 19.0. The molecule has 2 aliphatic rings. The van der Waals surface area contributed by atoms with E-state index in [-0.39, 0.29) is 11.6 Å². The van der Waals surface area contributed by atoms with Gasteiger partial charge in [-0.2, -0.15) is 0 Å². The molecule has 0 unspecified atom stereocenters. The second-order valence-electron chi connectivity index (χ2n) is 4.99. The monoisotopic (exact) mass is 432 g/mol. The van der Waals surface area contributed by atoms with Gasteiger partial charge < -0.3 is 0 Å². The Morgan fingerprint density at radius 1 is 0.583 bits per heavy atom. The van der Waals surface area contributed by atoms with Crippen molar-refractivity contribution in [1.29, 1.82) is 0 Å². The molecule has 2 heterocycles. The van der Waals surface area contributed by atoms with E-state index in [1.807, 2.05) is 0 Å². The first-order valence-corrected chi connectivity index (χ1v) is 9.70. The zero-order valence-electron chi connectivity index (χ0n) is 11.5. The van der Waals surface area contributed by atoms with E-state index in [1.54, 1.807) is 24.3 Å². The molecule has 0 radical (unpaired) electrons. The zero-order valence-corrected chi connectivity index (χ0v) is 16.1. The second kappa shape index (κ2) is 5.97. The number of allylic oxidation sites excluding steroid dienone is 2. The number of fused-ring (bicyclic) bond motifs is 2. The van der Waals surface area contributed by atoms with E-state index in [0.717, 1.165) is 23.5 Å². The van der Waals surface area contributed by atoms with Gasteiger partial charge in [-0.3, -0.25) is 9.59 Å². The van der Waals surface area contributed by atoms with E-state index in [1.165, 1.54) is 0 Å². The first-order valence-electron chi connectivity index (χ1n) is 6.55. The molecule has 0 aromatic heterocycles. The maximum Gasteiger partial charge on any atom is 0.203 e. The number of rotatable bonds is 0. The molecule has 0 bridgehead atoms. The van der Waals surface area contributed by atoms with Crippen molar-refractivity contribution in [2.75, 3.05) is 0 Å². The summed E-state index contributed by atoms with van der Waals surface area (Å²) in [6.45, 7) is 0. The number of carbonyl (C=O) groups excluding carboxylic acids is 2. The van der Waals surface area contributed by atoms with Crippen molar-refractivity contribution in [2.24, 2.45) is 0 Å². The van der Waals surface area contributed by atoms with Gasteiger partial charge in [-0.15, -0.1) is 0 Å². The average molecular weight is 434 g/mol. The van der Waals surface area contributed by atoms with Crippen LogP contribution in [0.4, 0.5) is 0 Å². The molecule has 0 N–H and O–H groups in total. The van der Waals surface area contributed by atoms with Gasteiger partial charge in [0.25, 0.3) is 0 Å². The van der Waals surface area contributed by atoms with Crippen LogP contribution in [0.5, 0.6) is 0 Å². The quantitative estimate of drug-likeness (QED) is 0.428. The Morgan fingerprint density at radius 3 is 1.25 bits per heavy atom. The molecule has 2 aromatic carbocycles. The van der Waals surface area contributed by atoms with Crippen LogP contribution >= 0.6 is 69.9 Å². The Morgan fingerprint density at radius 2 is 0.917 bits per heavy atom. The third-order valence-corrected chi connectivity index (χ3v) is 7.66. The molecule has 0 aliphatic carbocycles. The molecule has 0 spiro atoms. The van der Waals surface area contributed by atoms with Crippen molar-refractivity contribution in [2.45, 2.75) is 9.79 Å². The number of carbonyl (C=O) groups is 2. The summed E-state index contributed by atoms with van der Waals surface area (Å²) in [5.41, 5.74) is 0.663. The fourth-order valence-corrected chi connectivity index (χ4v) is 6.02.